The second-order valence-electron chi connectivity index (χ2n) is 5.49. The van der Waals surface area contributed by atoms with Crippen molar-refractivity contribution in [2.45, 2.75) is 12.8 Å². The highest BCUT2D eigenvalue weighted by molar-refractivity contribution is 7.15. The van der Waals surface area contributed by atoms with Crippen molar-refractivity contribution in [1.29, 1.82) is 0 Å². The van der Waals surface area contributed by atoms with Gasteiger partial charge in [-0.1, -0.05) is 59.6 Å². The van der Waals surface area contributed by atoms with Crippen molar-refractivity contribution in [3.05, 3.63) is 75.2 Å². The van der Waals surface area contributed by atoms with Gasteiger partial charge >= 0.3 is 0 Å². The molecule has 1 heterocycles. The van der Waals surface area contributed by atoms with Gasteiger partial charge in [0, 0.05) is 23.2 Å². The molecule has 25 heavy (non-hydrogen) atoms. The number of nitrogens with zero attached hydrogens (tertiary/aromatic N) is 1. The summed E-state index contributed by atoms with van der Waals surface area (Å²) in [5, 5.41) is 4.78. The van der Waals surface area contributed by atoms with Crippen molar-refractivity contribution in [3.63, 3.8) is 0 Å². The molecule has 0 radical (unpaired) electrons. The van der Waals surface area contributed by atoms with Gasteiger partial charge in [0.2, 0.25) is 5.91 Å². The van der Waals surface area contributed by atoms with E-state index in [-0.39, 0.29) is 5.91 Å². The van der Waals surface area contributed by atoms with Gasteiger partial charge in [-0.25, -0.2) is 4.98 Å². The SMILES string of the molecule is O=C(Cc1cnc(-c2c(Cl)cccc2Cl)s1)NCCc1ccccc1. The maximum absolute atomic E-state index is 12.1. The van der Waals surface area contributed by atoms with Crippen molar-refractivity contribution >= 4 is 40.4 Å². The molecule has 0 aliphatic carbocycles. The molecule has 3 rings (SSSR count). The lowest BCUT2D eigenvalue weighted by atomic mass is 10.1. The first-order chi connectivity index (χ1) is 12.1. The van der Waals surface area contributed by atoms with Crippen LogP contribution in [0.15, 0.2) is 54.7 Å². The summed E-state index contributed by atoms with van der Waals surface area (Å²) in [4.78, 5) is 17.3. The molecule has 0 atom stereocenters. The Labute approximate surface area is 160 Å². The molecule has 2 aromatic carbocycles. The Morgan fingerprint density at radius 3 is 2.48 bits per heavy atom. The third-order valence-corrected chi connectivity index (χ3v) is 5.29. The van der Waals surface area contributed by atoms with Gasteiger partial charge in [0.1, 0.15) is 5.01 Å². The lowest BCUT2D eigenvalue weighted by Gasteiger charge is -2.04. The number of rotatable bonds is 6. The Kier molecular flexibility index (Phi) is 6.08. The Balaban J connectivity index is 1.57. The monoisotopic (exact) mass is 390 g/mol. The summed E-state index contributed by atoms with van der Waals surface area (Å²) < 4.78 is 0. The predicted molar refractivity (Wildman–Crippen MR) is 104 cm³/mol. The number of hydrogen-bond acceptors (Lipinski definition) is 3. The third-order valence-electron chi connectivity index (χ3n) is 3.64. The van der Waals surface area contributed by atoms with Gasteiger partial charge in [0.15, 0.2) is 0 Å². The largest absolute Gasteiger partial charge is 0.355 e. The number of carbonyl (C=O) groups excluding carboxylic acids is 1. The molecule has 128 valence electrons. The summed E-state index contributed by atoms with van der Waals surface area (Å²) >= 11 is 13.8. The van der Waals surface area contributed by atoms with Crippen molar-refractivity contribution in [2.24, 2.45) is 0 Å². The van der Waals surface area contributed by atoms with Gasteiger partial charge in [0.05, 0.1) is 16.5 Å². The first-order valence-corrected chi connectivity index (χ1v) is 9.40. The fourth-order valence-electron chi connectivity index (χ4n) is 2.42. The smallest absolute Gasteiger partial charge is 0.225 e. The van der Waals surface area contributed by atoms with E-state index in [1.54, 1.807) is 24.4 Å². The highest BCUT2D eigenvalue weighted by Gasteiger charge is 2.14. The zero-order chi connectivity index (χ0) is 17.6. The van der Waals surface area contributed by atoms with Crippen LogP contribution in [0.25, 0.3) is 10.6 Å². The van der Waals surface area contributed by atoms with E-state index in [0.29, 0.717) is 28.6 Å². The lowest BCUT2D eigenvalue weighted by Crippen LogP contribution is -2.26. The van der Waals surface area contributed by atoms with Gasteiger partial charge in [-0.3, -0.25) is 4.79 Å². The number of amides is 1. The van der Waals surface area contributed by atoms with Crippen LogP contribution in [0.4, 0.5) is 0 Å². The van der Waals surface area contributed by atoms with Crippen LogP contribution in [0.1, 0.15) is 10.4 Å². The van der Waals surface area contributed by atoms with E-state index in [1.807, 2.05) is 18.2 Å². The van der Waals surface area contributed by atoms with Crippen LogP contribution < -0.4 is 5.32 Å². The fraction of sp³-hybridized carbons (Fsp3) is 0.158. The van der Waals surface area contributed by atoms with Crippen LogP contribution >= 0.6 is 34.5 Å². The van der Waals surface area contributed by atoms with Gasteiger partial charge < -0.3 is 5.32 Å². The maximum atomic E-state index is 12.1. The zero-order valence-electron chi connectivity index (χ0n) is 13.3. The van der Waals surface area contributed by atoms with E-state index in [2.05, 4.69) is 22.4 Å². The topological polar surface area (TPSA) is 42.0 Å². The van der Waals surface area contributed by atoms with E-state index in [1.165, 1.54) is 16.9 Å². The number of benzene rings is 2. The van der Waals surface area contributed by atoms with Crippen molar-refractivity contribution in [1.82, 2.24) is 10.3 Å². The van der Waals surface area contributed by atoms with Crippen LogP contribution in [0.5, 0.6) is 0 Å². The minimum Gasteiger partial charge on any atom is -0.355 e. The Morgan fingerprint density at radius 1 is 1.04 bits per heavy atom. The minimum atomic E-state index is -0.0172. The average Bonchev–Trinajstić information content (AvgIpc) is 3.03. The molecule has 0 bridgehead atoms. The van der Waals surface area contributed by atoms with Crippen LogP contribution in [-0.4, -0.2) is 17.4 Å². The molecule has 0 aliphatic rings. The third kappa shape index (κ3) is 4.82. The van der Waals surface area contributed by atoms with E-state index in [4.69, 9.17) is 23.2 Å². The molecule has 0 fully saturated rings. The maximum Gasteiger partial charge on any atom is 0.225 e. The summed E-state index contributed by atoms with van der Waals surface area (Å²) in [5.41, 5.74) is 1.92. The van der Waals surface area contributed by atoms with E-state index >= 15 is 0 Å². The highest BCUT2D eigenvalue weighted by atomic mass is 35.5. The fourth-order valence-corrected chi connectivity index (χ4v) is 4.09. The minimum absolute atomic E-state index is 0.0172. The molecule has 0 saturated carbocycles. The summed E-state index contributed by atoms with van der Waals surface area (Å²) in [6.45, 7) is 0.616. The second kappa shape index (κ2) is 8.48. The van der Waals surface area contributed by atoms with Gasteiger partial charge in [0.25, 0.3) is 0 Å². The summed E-state index contributed by atoms with van der Waals surface area (Å²) in [7, 11) is 0. The number of carbonyl (C=O) groups is 1. The highest BCUT2D eigenvalue weighted by Crippen LogP contribution is 2.36. The quantitative estimate of drug-likeness (QED) is 0.641. The van der Waals surface area contributed by atoms with Crippen molar-refractivity contribution < 1.29 is 4.79 Å². The normalized spacial score (nSPS) is 10.6. The van der Waals surface area contributed by atoms with E-state index < -0.39 is 0 Å². The summed E-state index contributed by atoms with van der Waals surface area (Å²) in [5.74, 6) is -0.0172. The standard InChI is InChI=1S/C19H16Cl2N2OS/c20-15-7-4-8-16(21)18(15)19-23-12-14(25-19)11-17(24)22-10-9-13-5-2-1-3-6-13/h1-8,12H,9-11H2,(H,22,24). The summed E-state index contributed by atoms with van der Waals surface area (Å²) in [6.07, 6.45) is 2.82. The number of nitrogens with one attached hydrogen (secondary N) is 1. The number of hydrogen-bond donors (Lipinski definition) is 1. The zero-order valence-corrected chi connectivity index (χ0v) is 15.7. The number of halogens is 2. The van der Waals surface area contributed by atoms with Crippen LogP contribution in [0.3, 0.4) is 0 Å². The lowest BCUT2D eigenvalue weighted by molar-refractivity contribution is -0.120. The molecule has 0 unspecified atom stereocenters. The molecule has 3 aromatic rings. The van der Waals surface area contributed by atoms with Gasteiger partial charge in [-0.15, -0.1) is 11.3 Å². The first kappa shape index (κ1) is 17.9. The second-order valence-corrected chi connectivity index (χ2v) is 7.42. The Bertz CT molecular complexity index is 845. The molecule has 1 aromatic heterocycles. The van der Waals surface area contributed by atoms with Gasteiger partial charge in [-0.05, 0) is 24.1 Å². The molecular formula is C19H16Cl2N2OS. The molecule has 1 amide bonds. The first-order valence-electron chi connectivity index (χ1n) is 7.83. The molecule has 0 saturated heterocycles. The molecule has 3 nitrogen and oxygen atoms in total. The van der Waals surface area contributed by atoms with Crippen LogP contribution in [0.2, 0.25) is 10.0 Å². The Hall–Kier alpha value is -1.88. The van der Waals surface area contributed by atoms with E-state index in [9.17, 15) is 4.79 Å². The van der Waals surface area contributed by atoms with E-state index in [0.717, 1.165) is 16.3 Å². The predicted octanol–water partition coefficient (Wildman–Crippen LogP) is 5.02. The average molecular weight is 391 g/mol. The van der Waals surface area contributed by atoms with Crippen LogP contribution in [0, 0.1) is 0 Å². The molecule has 0 aliphatic heterocycles. The number of aromatic nitrogens is 1. The molecule has 6 heteroatoms. The molecule has 0 spiro atoms. The number of thiazole rings is 1. The Morgan fingerprint density at radius 2 is 1.76 bits per heavy atom. The molecule has 1 N–H and O–H groups in total. The molecular weight excluding hydrogens is 375 g/mol. The van der Waals surface area contributed by atoms with Crippen LogP contribution in [-0.2, 0) is 17.6 Å². The van der Waals surface area contributed by atoms with Crippen molar-refractivity contribution in [2.75, 3.05) is 6.54 Å². The van der Waals surface area contributed by atoms with Crippen molar-refractivity contribution in [3.8, 4) is 10.6 Å². The summed E-state index contributed by atoms with van der Waals surface area (Å²) in [6, 6.07) is 15.4. The van der Waals surface area contributed by atoms with Gasteiger partial charge in [-0.2, -0.15) is 0 Å².